The van der Waals surface area contributed by atoms with Crippen LogP contribution < -0.4 is 5.32 Å². The Morgan fingerprint density at radius 2 is 1.80 bits per heavy atom. The number of anilines is 1. The molecule has 1 atom stereocenters. The van der Waals surface area contributed by atoms with Gasteiger partial charge in [0.15, 0.2) is 0 Å². The molecule has 2 aromatic carbocycles. The first-order valence-electron chi connectivity index (χ1n) is 10.5. The van der Waals surface area contributed by atoms with Crippen molar-refractivity contribution in [3.8, 4) is 21.7 Å². The molecule has 0 amide bonds. The first kappa shape index (κ1) is 20.3. The van der Waals surface area contributed by atoms with E-state index in [0.717, 1.165) is 29.9 Å². The first-order valence-corrected chi connectivity index (χ1v) is 11.3. The van der Waals surface area contributed by atoms with Crippen molar-refractivity contribution in [1.29, 1.82) is 0 Å². The maximum Gasteiger partial charge on any atom is 0.126 e. The Kier molecular flexibility index (Phi) is 6.24. The van der Waals surface area contributed by atoms with Crippen molar-refractivity contribution in [3.63, 3.8) is 0 Å². The fourth-order valence-electron chi connectivity index (χ4n) is 3.57. The van der Waals surface area contributed by atoms with Crippen molar-refractivity contribution >= 4 is 17.2 Å². The van der Waals surface area contributed by atoms with E-state index in [1.54, 1.807) is 11.3 Å². The van der Waals surface area contributed by atoms with Crippen molar-refractivity contribution in [2.45, 2.75) is 39.7 Å². The van der Waals surface area contributed by atoms with E-state index < -0.39 is 0 Å². The summed E-state index contributed by atoms with van der Waals surface area (Å²) < 4.78 is 0. The lowest BCUT2D eigenvalue weighted by atomic mass is 10.1. The number of aryl methyl sites for hydroxylation is 2. The molecule has 2 aromatic heterocycles. The zero-order valence-corrected chi connectivity index (χ0v) is 18.5. The van der Waals surface area contributed by atoms with Gasteiger partial charge in [0.2, 0.25) is 0 Å². The lowest BCUT2D eigenvalue weighted by molar-refractivity contribution is 0.875. The number of hydrogen-bond acceptors (Lipinski definition) is 4. The number of aromatic nitrogens is 2. The first-order chi connectivity index (χ1) is 14.6. The molecule has 0 fully saturated rings. The summed E-state index contributed by atoms with van der Waals surface area (Å²) in [4.78, 5) is 10.8. The summed E-state index contributed by atoms with van der Waals surface area (Å²) >= 11 is 1.80. The average Bonchev–Trinajstić information content (AvgIpc) is 3.19. The summed E-state index contributed by atoms with van der Waals surface area (Å²) in [6.45, 7) is 6.49. The van der Waals surface area contributed by atoms with Gasteiger partial charge in [-0.3, -0.25) is 0 Å². The zero-order valence-electron chi connectivity index (χ0n) is 17.7. The minimum atomic E-state index is 0.183. The number of nitrogens with one attached hydrogen (secondary N) is 1. The summed E-state index contributed by atoms with van der Waals surface area (Å²) in [7, 11) is 0. The van der Waals surface area contributed by atoms with Crippen LogP contribution in [-0.2, 0) is 6.42 Å². The number of hydrogen-bond donors (Lipinski definition) is 1. The molecule has 0 aliphatic carbocycles. The molecule has 152 valence electrons. The van der Waals surface area contributed by atoms with Gasteiger partial charge in [0.1, 0.15) is 5.82 Å². The molecule has 0 unspecified atom stereocenters. The Morgan fingerprint density at radius 3 is 2.57 bits per heavy atom. The highest BCUT2D eigenvalue weighted by Crippen LogP contribution is 2.38. The van der Waals surface area contributed by atoms with E-state index in [9.17, 15) is 0 Å². The molecule has 0 saturated heterocycles. The van der Waals surface area contributed by atoms with Crippen LogP contribution in [0.1, 0.15) is 42.4 Å². The van der Waals surface area contributed by atoms with Crippen molar-refractivity contribution in [2.75, 3.05) is 5.32 Å². The largest absolute Gasteiger partial charge is 0.364 e. The van der Waals surface area contributed by atoms with Gasteiger partial charge in [-0.15, -0.1) is 11.3 Å². The van der Waals surface area contributed by atoms with Crippen LogP contribution in [-0.4, -0.2) is 9.97 Å². The fourth-order valence-corrected chi connectivity index (χ4v) is 4.75. The number of pyridine rings is 1. The molecular formula is C26H27N3S. The molecule has 4 aromatic rings. The van der Waals surface area contributed by atoms with Gasteiger partial charge < -0.3 is 5.32 Å². The van der Waals surface area contributed by atoms with Gasteiger partial charge >= 0.3 is 0 Å². The highest BCUT2D eigenvalue weighted by atomic mass is 32.1. The van der Waals surface area contributed by atoms with Crippen molar-refractivity contribution in [3.05, 3.63) is 89.1 Å². The van der Waals surface area contributed by atoms with Crippen molar-refractivity contribution in [1.82, 2.24) is 9.97 Å². The number of nitrogens with zero attached hydrogens (tertiary/aromatic N) is 2. The van der Waals surface area contributed by atoms with Crippen LogP contribution >= 0.6 is 11.3 Å². The van der Waals surface area contributed by atoms with Crippen LogP contribution in [0.4, 0.5) is 5.82 Å². The lowest BCUT2D eigenvalue weighted by Gasteiger charge is -2.15. The lowest BCUT2D eigenvalue weighted by Crippen LogP contribution is -2.07. The average molecular weight is 414 g/mol. The van der Waals surface area contributed by atoms with Gasteiger partial charge in [-0.1, -0.05) is 61.0 Å². The summed E-state index contributed by atoms with van der Waals surface area (Å²) in [5, 5.41) is 4.73. The van der Waals surface area contributed by atoms with E-state index in [2.05, 4.69) is 91.7 Å². The predicted molar refractivity (Wildman–Crippen MR) is 128 cm³/mol. The van der Waals surface area contributed by atoms with Gasteiger partial charge in [-0.05, 0) is 56.0 Å². The van der Waals surface area contributed by atoms with Gasteiger partial charge in [-0.25, -0.2) is 9.97 Å². The summed E-state index contributed by atoms with van der Waals surface area (Å²) in [6, 6.07) is 23.5. The normalized spacial score (nSPS) is 12.0. The Labute approximate surface area is 182 Å². The second-order valence-electron chi connectivity index (χ2n) is 7.61. The van der Waals surface area contributed by atoms with Gasteiger partial charge in [0, 0.05) is 17.8 Å². The molecular weight excluding hydrogens is 386 g/mol. The zero-order chi connectivity index (χ0) is 20.9. The molecule has 0 spiro atoms. The molecule has 1 N–H and O–H groups in total. The van der Waals surface area contributed by atoms with Crippen LogP contribution in [0.15, 0.2) is 72.9 Å². The van der Waals surface area contributed by atoms with E-state index >= 15 is 0 Å². The molecule has 0 bridgehead atoms. The fraction of sp³-hybridized carbons (Fsp3) is 0.231. The number of rotatable bonds is 7. The van der Waals surface area contributed by atoms with E-state index in [-0.39, 0.29) is 6.04 Å². The van der Waals surface area contributed by atoms with Crippen molar-refractivity contribution < 1.29 is 0 Å². The highest BCUT2D eigenvalue weighted by molar-refractivity contribution is 7.15. The summed E-state index contributed by atoms with van der Waals surface area (Å²) in [5.74, 6) is 0.879. The van der Waals surface area contributed by atoms with Gasteiger partial charge in [0.25, 0.3) is 0 Å². The van der Waals surface area contributed by atoms with Crippen molar-refractivity contribution in [2.24, 2.45) is 0 Å². The van der Waals surface area contributed by atoms with Crippen LogP contribution in [0.2, 0.25) is 0 Å². The van der Waals surface area contributed by atoms with Crippen LogP contribution in [0.25, 0.3) is 21.7 Å². The molecule has 0 aliphatic heterocycles. The van der Waals surface area contributed by atoms with Gasteiger partial charge in [0.05, 0.1) is 15.6 Å². The molecule has 0 radical (unpaired) electrons. The monoisotopic (exact) mass is 413 g/mol. The third kappa shape index (κ3) is 4.60. The molecule has 4 rings (SSSR count). The maximum atomic E-state index is 5.00. The Morgan fingerprint density at radius 1 is 0.967 bits per heavy atom. The Balaban J connectivity index is 1.69. The van der Waals surface area contributed by atoms with E-state index in [0.29, 0.717) is 0 Å². The highest BCUT2D eigenvalue weighted by Gasteiger charge is 2.16. The number of thiazole rings is 1. The minimum absolute atomic E-state index is 0.183. The maximum absolute atomic E-state index is 5.00. The summed E-state index contributed by atoms with van der Waals surface area (Å²) in [5.41, 5.74) is 5.89. The van der Waals surface area contributed by atoms with E-state index in [1.165, 1.54) is 26.6 Å². The van der Waals surface area contributed by atoms with Crippen LogP contribution in [0.5, 0.6) is 0 Å². The summed E-state index contributed by atoms with van der Waals surface area (Å²) in [6.07, 6.45) is 3.98. The van der Waals surface area contributed by atoms with Gasteiger partial charge in [-0.2, -0.15) is 0 Å². The molecule has 30 heavy (non-hydrogen) atoms. The molecule has 4 heteroatoms. The Hall–Kier alpha value is -2.98. The minimum Gasteiger partial charge on any atom is -0.364 e. The standard InChI is InChI=1S/C26H27N3S/c1-4-9-24-29-25(21-13-8-10-18(2)16-21)26(30-24)22-14-15-27-23(17-22)28-19(3)20-11-6-5-7-12-20/h5-8,10-17,19H,4,9H2,1-3H3,(H,27,28)/t19-/m0/s1. The molecule has 0 saturated carbocycles. The van der Waals surface area contributed by atoms with E-state index in [1.807, 2.05) is 12.3 Å². The molecule has 2 heterocycles. The predicted octanol–water partition coefficient (Wildman–Crippen LogP) is 7.31. The molecule has 0 aliphatic rings. The molecule has 3 nitrogen and oxygen atoms in total. The Bertz CT molecular complexity index is 1120. The second-order valence-corrected chi connectivity index (χ2v) is 8.69. The second kappa shape index (κ2) is 9.23. The van der Waals surface area contributed by atoms with Crippen LogP contribution in [0.3, 0.4) is 0 Å². The topological polar surface area (TPSA) is 37.8 Å². The van der Waals surface area contributed by atoms with E-state index in [4.69, 9.17) is 4.98 Å². The third-order valence-electron chi connectivity index (χ3n) is 5.11. The SMILES string of the molecule is CCCc1nc(-c2cccc(C)c2)c(-c2ccnc(N[C@@H](C)c3ccccc3)c2)s1. The smallest absolute Gasteiger partial charge is 0.126 e. The third-order valence-corrected chi connectivity index (χ3v) is 6.28. The number of benzene rings is 2. The quantitative estimate of drug-likeness (QED) is 0.345. The van der Waals surface area contributed by atoms with Crippen LogP contribution in [0, 0.1) is 6.92 Å².